The van der Waals surface area contributed by atoms with E-state index in [0.29, 0.717) is 4.47 Å². The summed E-state index contributed by atoms with van der Waals surface area (Å²) in [6.45, 7) is 1.63. The predicted molar refractivity (Wildman–Crippen MR) is 73.7 cm³/mol. The van der Waals surface area contributed by atoms with Crippen molar-refractivity contribution in [3.63, 3.8) is 0 Å². The first-order chi connectivity index (χ1) is 8.75. The molecule has 1 aromatic carbocycles. The van der Waals surface area contributed by atoms with Gasteiger partial charge in [-0.05, 0) is 64.3 Å². The van der Waals surface area contributed by atoms with Gasteiger partial charge in [0.1, 0.15) is 5.82 Å². The smallest absolute Gasteiger partial charge is 0.137 e. The highest BCUT2D eigenvalue weighted by atomic mass is 79.9. The lowest BCUT2D eigenvalue weighted by molar-refractivity contribution is 0.618. The van der Waals surface area contributed by atoms with Crippen molar-refractivity contribution in [3.8, 4) is 0 Å². The number of pyridine rings is 1. The van der Waals surface area contributed by atoms with Gasteiger partial charge in [-0.25, -0.2) is 4.39 Å². The molecule has 0 saturated carbocycles. The normalized spacial score (nSPS) is 10.6. The molecule has 0 aliphatic carbocycles. The van der Waals surface area contributed by atoms with Crippen LogP contribution in [0.2, 0.25) is 0 Å². The number of rotatable bonds is 5. The molecular weight excluding hydrogens is 295 g/mol. The number of nitrogens with one attached hydrogen (secondary N) is 1. The first-order valence-corrected chi connectivity index (χ1v) is 6.58. The van der Waals surface area contributed by atoms with E-state index in [1.54, 1.807) is 24.5 Å². The van der Waals surface area contributed by atoms with Gasteiger partial charge in [-0.3, -0.25) is 4.98 Å². The van der Waals surface area contributed by atoms with Gasteiger partial charge in [0.25, 0.3) is 0 Å². The zero-order valence-electron chi connectivity index (χ0n) is 9.87. The predicted octanol–water partition coefficient (Wildman–Crippen LogP) is 3.32. The Kier molecular flexibility index (Phi) is 4.84. The van der Waals surface area contributed by atoms with Gasteiger partial charge >= 0.3 is 0 Å². The summed E-state index contributed by atoms with van der Waals surface area (Å²) in [6, 6.07) is 9.09. The number of aromatic nitrogens is 1. The molecule has 1 aromatic heterocycles. The molecule has 0 unspecified atom stereocenters. The lowest BCUT2D eigenvalue weighted by Gasteiger charge is -2.06. The molecular formula is C14H14BrFN2. The Morgan fingerprint density at radius 2 is 1.89 bits per heavy atom. The molecule has 0 bridgehead atoms. The fraction of sp³-hybridized carbons (Fsp3) is 0.214. The summed E-state index contributed by atoms with van der Waals surface area (Å²) in [6.07, 6.45) is 4.56. The van der Waals surface area contributed by atoms with E-state index in [1.165, 1.54) is 11.6 Å². The number of hydrogen-bond donors (Lipinski definition) is 1. The highest BCUT2D eigenvalue weighted by Crippen LogP contribution is 2.16. The van der Waals surface area contributed by atoms with Crippen LogP contribution in [0.5, 0.6) is 0 Å². The molecule has 0 atom stereocenters. The molecule has 2 rings (SSSR count). The van der Waals surface area contributed by atoms with Crippen molar-refractivity contribution in [3.05, 3.63) is 64.1 Å². The van der Waals surface area contributed by atoms with Gasteiger partial charge in [0, 0.05) is 18.9 Å². The summed E-state index contributed by atoms with van der Waals surface area (Å²) >= 11 is 3.18. The quantitative estimate of drug-likeness (QED) is 0.857. The van der Waals surface area contributed by atoms with Crippen LogP contribution in [0.1, 0.15) is 11.1 Å². The zero-order chi connectivity index (χ0) is 12.8. The molecule has 1 N–H and O–H groups in total. The van der Waals surface area contributed by atoms with Crippen molar-refractivity contribution in [2.24, 2.45) is 0 Å². The lowest BCUT2D eigenvalue weighted by Crippen LogP contribution is -2.16. The van der Waals surface area contributed by atoms with Crippen LogP contribution in [-0.4, -0.2) is 11.5 Å². The Bertz CT molecular complexity index is 502. The van der Waals surface area contributed by atoms with Crippen molar-refractivity contribution in [1.29, 1.82) is 0 Å². The molecule has 0 spiro atoms. The van der Waals surface area contributed by atoms with Gasteiger partial charge in [-0.15, -0.1) is 0 Å². The van der Waals surface area contributed by atoms with Crippen LogP contribution in [0.4, 0.5) is 4.39 Å². The van der Waals surface area contributed by atoms with E-state index < -0.39 is 0 Å². The highest BCUT2D eigenvalue weighted by Gasteiger charge is 2.00. The molecule has 18 heavy (non-hydrogen) atoms. The van der Waals surface area contributed by atoms with Crippen LogP contribution in [0.15, 0.2) is 47.2 Å². The standard InChI is InChI=1S/C14H14BrFN2/c15-13-9-12(1-2-14(13)16)10-18-8-5-11-3-6-17-7-4-11/h1-4,6-7,9,18H,5,8,10H2. The number of hydrogen-bond acceptors (Lipinski definition) is 2. The van der Waals surface area contributed by atoms with Gasteiger partial charge in [0.05, 0.1) is 4.47 Å². The van der Waals surface area contributed by atoms with Gasteiger partial charge < -0.3 is 5.32 Å². The van der Waals surface area contributed by atoms with E-state index in [0.717, 1.165) is 25.1 Å². The van der Waals surface area contributed by atoms with E-state index in [9.17, 15) is 4.39 Å². The Morgan fingerprint density at radius 3 is 2.61 bits per heavy atom. The van der Waals surface area contributed by atoms with E-state index in [1.807, 2.05) is 12.1 Å². The third-order valence-corrected chi connectivity index (χ3v) is 3.26. The van der Waals surface area contributed by atoms with Crippen LogP contribution in [-0.2, 0) is 13.0 Å². The molecule has 0 radical (unpaired) electrons. The van der Waals surface area contributed by atoms with Crippen LogP contribution < -0.4 is 5.32 Å². The minimum atomic E-state index is -0.226. The number of nitrogens with zero attached hydrogens (tertiary/aromatic N) is 1. The highest BCUT2D eigenvalue weighted by molar-refractivity contribution is 9.10. The van der Waals surface area contributed by atoms with Crippen molar-refractivity contribution in [2.45, 2.75) is 13.0 Å². The second-order valence-electron chi connectivity index (χ2n) is 4.03. The van der Waals surface area contributed by atoms with Crippen LogP contribution in [0.25, 0.3) is 0 Å². The summed E-state index contributed by atoms with van der Waals surface area (Å²) in [5.41, 5.74) is 2.33. The van der Waals surface area contributed by atoms with Crippen molar-refractivity contribution < 1.29 is 4.39 Å². The second-order valence-corrected chi connectivity index (χ2v) is 4.89. The molecule has 1 heterocycles. The molecule has 2 aromatic rings. The van der Waals surface area contributed by atoms with E-state index in [2.05, 4.69) is 26.2 Å². The summed E-state index contributed by atoms with van der Waals surface area (Å²) in [4.78, 5) is 3.98. The first-order valence-electron chi connectivity index (χ1n) is 5.79. The zero-order valence-corrected chi connectivity index (χ0v) is 11.5. The first kappa shape index (κ1) is 13.2. The lowest BCUT2D eigenvalue weighted by atomic mass is 10.2. The van der Waals surface area contributed by atoms with Gasteiger partial charge in [0.2, 0.25) is 0 Å². The molecule has 0 saturated heterocycles. The Hall–Kier alpha value is -1.26. The Morgan fingerprint density at radius 1 is 1.11 bits per heavy atom. The number of benzene rings is 1. The fourth-order valence-electron chi connectivity index (χ4n) is 1.66. The topological polar surface area (TPSA) is 24.9 Å². The summed E-state index contributed by atoms with van der Waals surface area (Å²) < 4.78 is 13.5. The molecule has 94 valence electrons. The molecule has 4 heteroatoms. The number of halogens is 2. The summed E-state index contributed by atoms with van der Waals surface area (Å²) in [5, 5.41) is 3.33. The molecule has 0 amide bonds. The minimum Gasteiger partial charge on any atom is -0.312 e. The van der Waals surface area contributed by atoms with Gasteiger partial charge in [-0.1, -0.05) is 6.07 Å². The molecule has 0 aliphatic heterocycles. The molecule has 0 fully saturated rings. The SMILES string of the molecule is Fc1ccc(CNCCc2ccncc2)cc1Br. The Balaban J connectivity index is 1.77. The van der Waals surface area contributed by atoms with E-state index in [-0.39, 0.29) is 5.82 Å². The maximum absolute atomic E-state index is 13.0. The van der Waals surface area contributed by atoms with Crippen LogP contribution in [0.3, 0.4) is 0 Å². The average Bonchev–Trinajstić information content (AvgIpc) is 2.40. The third-order valence-electron chi connectivity index (χ3n) is 2.65. The summed E-state index contributed by atoms with van der Waals surface area (Å²) in [5.74, 6) is -0.226. The minimum absolute atomic E-state index is 0.226. The maximum atomic E-state index is 13.0. The molecule has 2 nitrogen and oxygen atoms in total. The monoisotopic (exact) mass is 308 g/mol. The van der Waals surface area contributed by atoms with E-state index in [4.69, 9.17) is 0 Å². The van der Waals surface area contributed by atoms with Crippen LogP contribution in [0, 0.1) is 5.82 Å². The molecule has 0 aliphatic rings. The summed E-state index contributed by atoms with van der Waals surface area (Å²) in [7, 11) is 0. The fourth-order valence-corrected chi connectivity index (χ4v) is 2.09. The van der Waals surface area contributed by atoms with Crippen molar-refractivity contribution in [2.75, 3.05) is 6.54 Å². The Labute approximate surface area is 114 Å². The van der Waals surface area contributed by atoms with Gasteiger partial charge in [0.15, 0.2) is 0 Å². The second kappa shape index (κ2) is 6.61. The van der Waals surface area contributed by atoms with Crippen LogP contribution >= 0.6 is 15.9 Å². The van der Waals surface area contributed by atoms with Gasteiger partial charge in [-0.2, -0.15) is 0 Å². The van der Waals surface area contributed by atoms with Crippen molar-refractivity contribution >= 4 is 15.9 Å². The maximum Gasteiger partial charge on any atom is 0.137 e. The third kappa shape index (κ3) is 3.89. The average molecular weight is 309 g/mol. The van der Waals surface area contributed by atoms with Crippen molar-refractivity contribution in [1.82, 2.24) is 10.3 Å². The van der Waals surface area contributed by atoms with E-state index >= 15 is 0 Å². The largest absolute Gasteiger partial charge is 0.312 e.